The lowest BCUT2D eigenvalue weighted by Crippen LogP contribution is -2.25. The maximum absolute atomic E-state index is 6.36. The van der Waals surface area contributed by atoms with Gasteiger partial charge in [-0.15, -0.1) is 0 Å². The molecule has 3 nitrogen and oxygen atoms in total. The second-order valence-electron chi connectivity index (χ2n) is 4.69. The Morgan fingerprint density at radius 3 is 2.75 bits per heavy atom. The fourth-order valence-corrected chi connectivity index (χ4v) is 3.16. The molecular formula is C15H19BrClN3. The van der Waals surface area contributed by atoms with Crippen LogP contribution in [0, 0.1) is 6.92 Å². The zero-order valence-corrected chi connectivity index (χ0v) is 14.3. The van der Waals surface area contributed by atoms with Gasteiger partial charge in [0, 0.05) is 11.0 Å². The third kappa shape index (κ3) is 3.08. The first-order chi connectivity index (χ1) is 9.58. The van der Waals surface area contributed by atoms with Crippen LogP contribution in [-0.2, 0) is 6.54 Å². The van der Waals surface area contributed by atoms with Gasteiger partial charge >= 0.3 is 0 Å². The van der Waals surface area contributed by atoms with Crippen molar-refractivity contribution in [1.82, 2.24) is 15.1 Å². The molecule has 2 rings (SSSR count). The van der Waals surface area contributed by atoms with Crippen molar-refractivity contribution in [2.75, 3.05) is 6.54 Å². The molecular weight excluding hydrogens is 338 g/mol. The van der Waals surface area contributed by atoms with Gasteiger partial charge in [-0.2, -0.15) is 5.10 Å². The number of hydrogen-bond donors (Lipinski definition) is 1. The molecule has 0 aliphatic carbocycles. The predicted octanol–water partition coefficient (Wildman–Crippen LogP) is 4.33. The van der Waals surface area contributed by atoms with E-state index in [0.717, 1.165) is 23.3 Å². The average molecular weight is 357 g/mol. The van der Waals surface area contributed by atoms with E-state index in [2.05, 4.69) is 65.3 Å². The Bertz CT molecular complexity index is 595. The van der Waals surface area contributed by atoms with Gasteiger partial charge in [-0.1, -0.05) is 40.5 Å². The van der Waals surface area contributed by atoms with Crippen LogP contribution < -0.4 is 5.32 Å². The minimum absolute atomic E-state index is 0.0584. The van der Waals surface area contributed by atoms with Crippen molar-refractivity contribution in [2.24, 2.45) is 0 Å². The molecule has 0 amide bonds. The van der Waals surface area contributed by atoms with Gasteiger partial charge in [0.15, 0.2) is 0 Å². The summed E-state index contributed by atoms with van der Waals surface area (Å²) < 4.78 is 3.04. The van der Waals surface area contributed by atoms with Gasteiger partial charge in [-0.05, 0) is 43.7 Å². The van der Waals surface area contributed by atoms with Crippen LogP contribution in [0.4, 0.5) is 0 Å². The van der Waals surface area contributed by atoms with Crippen LogP contribution in [0.5, 0.6) is 0 Å². The molecule has 0 spiro atoms. The van der Waals surface area contributed by atoms with E-state index in [1.807, 2.05) is 4.68 Å². The molecule has 1 aromatic heterocycles. The first-order valence-corrected chi connectivity index (χ1v) is 7.96. The highest BCUT2D eigenvalue weighted by Gasteiger charge is 2.22. The summed E-state index contributed by atoms with van der Waals surface area (Å²) >= 11 is 9.87. The fourth-order valence-electron chi connectivity index (χ4n) is 2.43. The lowest BCUT2D eigenvalue weighted by molar-refractivity contribution is 0.541. The smallest absolute Gasteiger partial charge is 0.0837 e. The van der Waals surface area contributed by atoms with Gasteiger partial charge in [0.05, 0.1) is 23.0 Å². The number of hydrogen-bond acceptors (Lipinski definition) is 2. The summed E-state index contributed by atoms with van der Waals surface area (Å²) in [6.45, 7) is 7.96. The molecule has 1 aromatic carbocycles. The van der Waals surface area contributed by atoms with Crippen molar-refractivity contribution in [2.45, 2.75) is 33.4 Å². The Morgan fingerprint density at radius 2 is 2.15 bits per heavy atom. The molecule has 1 heterocycles. The minimum Gasteiger partial charge on any atom is -0.305 e. The summed E-state index contributed by atoms with van der Waals surface area (Å²) in [5.74, 6) is 0. The van der Waals surface area contributed by atoms with Crippen LogP contribution in [0.15, 0.2) is 28.9 Å². The van der Waals surface area contributed by atoms with E-state index in [1.165, 1.54) is 11.1 Å². The van der Waals surface area contributed by atoms with Crippen molar-refractivity contribution >= 4 is 27.5 Å². The number of aryl methyl sites for hydroxylation is 2. The van der Waals surface area contributed by atoms with Crippen molar-refractivity contribution in [3.63, 3.8) is 0 Å². The van der Waals surface area contributed by atoms with Crippen LogP contribution in [0.25, 0.3) is 0 Å². The highest BCUT2D eigenvalue weighted by atomic mass is 79.9. The van der Waals surface area contributed by atoms with E-state index < -0.39 is 0 Å². The molecule has 5 heteroatoms. The Hall–Kier alpha value is -0.840. The van der Waals surface area contributed by atoms with E-state index in [4.69, 9.17) is 11.6 Å². The van der Waals surface area contributed by atoms with Gasteiger partial charge in [0.1, 0.15) is 0 Å². The van der Waals surface area contributed by atoms with Crippen molar-refractivity contribution < 1.29 is 0 Å². The third-order valence-corrected chi connectivity index (χ3v) is 4.14. The molecule has 0 radical (unpaired) electrons. The fraction of sp³-hybridized carbons (Fsp3) is 0.400. The lowest BCUT2D eigenvalue weighted by Gasteiger charge is -2.22. The van der Waals surface area contributed by atoms with E-state index >= 15 is 0 Å². The van der Waals surface area contributed by atoms with Gasteiger partial charge in [-0.25, -0.2) is 0 Å². The summed E-state index contributed by atoms with van der Waals surface area (Å²) in [4.78, 5) is 0. The largest absolute Gasteiger partial charge is 0.305 e. The van der Waals surface area contributed by atoms with E-state index in [9.17, 15) is 0 Å². The Balaban J connectivity index is 2.53. The first-order valence-electron chi connectivity index (χ1n) is 6.79. The molecule has 0 fully saturated rings. The molecule has 0 saturated heterocycles. The molecule has 20 heavy (non-hydrogen) atoms. The van der Waals surface area contributed by atoms with Crippen molar-refractivity contribution in [1.29, 1.82) is 0 Å². The average Bonchev–Trinajstić information content (AvgIpc) is 2.78. The lowest BCUT2D eigenvalue weighted by atomic mass is 9.98. The number of nitrogens with one attached hydrogen (secondary N) is 1. The summed E-state index contributed by atoms with van der Waals surface area (Å²) in [6.07, 6.45) is 1.72. The molecule has 1 unspecified atom stereocenters. The Morgan fingerprint density at radius 1 is 1.40 bits per heavy atom. The summed E-state index contributed by atoms with van der Waals surface area (Å²) in [6, 6.07) is 6.38. The standard InChI is InChI=1S/C15H19BrClN3/c1-4-18-14(12-7-6-11(16)8-10(12)3)15-13(17)9-19-20(15)5-2/h6-9,14,18H,4-5H2,1-3H3. The molecule has 0 aliphatic heterocycles. The number of benzene rings is 1. The minimum atomic E-state index is 0.0584. The van der Waals surface area contributed by atoms with Crippen LogP contribution in [0.3, 0.4) is 0 Å². The van der Waals surface area contributed by atoms with Gasteiger partial charge in [0.2, 0.25) is 0 Å². The van der Waals surface area contributed by atoms with E-state index in [0.29, 0.717) is 5.02 Å². The number of nitrogens with zero attached hydrogens (tertiary/aromatic N) is 2. The van der Waals surface area contributed by atoms with Crippen LogP contribution >= 0.6 is 27.5 Å². The van der Waals surface area contributed by atoms with Crippen LogP contribution in [0.1, 0.15) is 36.7 Å². The quantitative estimate of drug-likeness (QED) is 0.864. The summed E-state index contributed by atoms with van der Waals surface area (Å²) in [5, 5.41) is 8.57. The first kappa shape index (κ1) is 15.5. The zero-order chi connectivity index (χ0) is 14.7. The molecule has 1 N–H and O–H groups in total. The second kappa shape index (κ2) is 6.74. The molecule has 0 aliphatic rings. The maximum atomic E-state index is 6.36. The van der Waals surface area contributed by atoms with Gasteiger partial charge in [0.25, 0.3) is 0 Å². The van der Waals surface area contributed by atoms with E-state index in [-0.39, 0.29) is 6.04 Å². The molecule has 0 bridgehead atoms. The number of halogens is 2. The highest BCUT2D eigenvalue weighted by Crippen LogP contribution is 2.31. The van der Waals surface area contributed by atoms with Crippen molar-refractivity contribution in [3.05, 3.63) is 50.7 Å². The van der Waals surface area contributed by atoms with Crippen molar-refractivity contribution in [3.8, 4) is 0 Å². The molecule has 2 aromatic rings. The number of aromatic nitrogens is 2. The maximum Gasteiger partial charge on any atom is 0.0837 e. The normalized spacial score (nSPS) is 12.7. The van der Waals surface area contributed by atoms with Crippen LogP contribution in [0.2, 0.25) is 5.02 Å². The Labute approximate surface area is 133 Å². The predicted molar refractivity (Wildman–Crippen MR) is 87.3 cm³/mol. The monoisotopic (exact) mass is 355 g/mol. The van der Waals surface area contributed by atoms with Crippen LogP contribution in [-0.4, -0.2) is 16.3 Å². The third-order valence-electron chi connectivity index (χ3n) is 3.36. The summed E-state index contributed by atoms with van der Waals surface area (Å²) in [7, 11) is 0. The second-order valence-corrected chi connectivity index (χ2v) is 6.01. The molecule has 108 valence electrons. The highest BCUT2D eigenvalue weighted by molar-refractivity contribution is 9.10. The molecule has 1 atom stereocenters. The Kier molecular flexibility index (Phi) is 5.24. The number of rotatable bonds is 5. The molecule has 0 saturated carbocycles. The van der Waals surface area contributed by atoms with Gasteiger partial charge < -0.3 is 5.32 Å². The zero-order valence-electron chi connectivity index (χ0n) is 12.0. The summed E-state index contributed by atoms with van der Waals surface area (Å²) in [5.41, 5.74) is 3.49. The van der Waals surface area contributed by atoms with E-state index in [1.54, 1.807) is 6.20 Å². The van der Waals surface area contributed by atoms with Gasteiger partial charge in [-0.3, -0.25) is 4.68 Å². The topological polar surface area (TPSA) is 29.9 Å². The SMILES string of the molecule is CCNC(c1ccc(Br)cc1C)c1c(Cl)cnn1CC.